The Morgan fingerprint density at radius 3 is 2.71 bits per heavy atom. The van der Waals surface area contributed by atoms with Gasteiger partial charge < -0.3 is 10.1 Å². The second kappa shape index (κ2) is 7.85. The van der Waals surface area contributed by atoms with Gasteiger partial charge in [0.15, 0.2) is 0 Å². The second-order valence-electron chi connectivity index (χ2n) is 4.13. The van der Waals surface area contributed by atoms with Crippen molar-refractivity contribution >= 4 is 5.91 Å². The van der Waals surface area contributed by atoms with Crippen molar-refractivity contribution in [3.05, 3.63) is 35.9 Å². The Balaban J connectivity index is 2.21. The van der Waals surface area contributed by atoms with Crippen LogP contribution in [0.2, 0.25) is 0 Å². The van der Waals surface area contributed by atoms with E-state index in [-0.39, 0.29) is 18.6 Å². The zero-order chi connectivity index (χ0) is 12.5. The van der Waals surface area contributed by atoms with Gasteiger partial charge >= 0.3 is 0 Å². The molecule has 1 atom stereocenters. The molecule has 1 aromatic carbocycles. The maximum atomic E-state index is 11.4. The third kappa shape index (κ3) is 6.07. The summed E-state index contributed by atoms with van der Waals surface area (Å²) in [5, 5.41) is 2.92. The van der Waals surface area contributed by atoms with E-state index in [1.165, 1.54) is 5.56 Å². The van der Waals surface area contributed by atoms with Crippen LogP contribution in [0, 0.1) is 0 Å². The Morgan fingerprint density at radius 1 is 1.35 bits per heavy atom. The van der Waals surface area contributed by atoms with E-state index in [0.29, 0.717) is 6.61 Å². The van der Waals surface area contributed by atoms with Crippen LogP contribution in [-0.2, 0) is 16.0 Å². The number of ether oxygens (including phenoxy) is 1. The van der Waals surface area contributed by atoms with E-state index in [9.17, 15) is 4.79 Å². The molecule has 94 valence electrons. The third-order valence-corrected chi connectivity index (χ3v) is 2.55. The molecule has 0 aliphatic carbocycles. The van der Waals surface area contributed by atoms with Crippen LogP contribution in [0.4, 0.5) is 0 Å². The molecule has 3 nitrogen and oxygen atoms in total. The number of carbonyl (C=O) groups is 1. The molecule has 0 aromatic heterocycles. The van der Waals surface area contributed by atoms with E-state index in [2.05, 4.69) is 17.4 Å². The summed E-state index contributed by atoms with van der Waals surface area (Å²) >= 11 is 0. The van der Waals surface area contributed by atoms with Crippen molar-refractivity contribution in [2.24, 2.45) is 0 Å². The number of hydrogen-bond acceptors (Lipinski definition) is 2. The molecule has 0 saturated carbocycles. The fraction of sp³-hybridized carbons (Fsp3) is 0.500. The van der Waals surface area contributed by atoms with Crippen LogP contribution in [0.25, 0.3) is 0 Å². The van der Waals surface area contributed by atoms with Gasteiger partial charge in [0.25, 0.3) is 0 Å². The molecule has 1 rings (SSSR count). The molecule has 0 fully saturated rings. The number of benzene rings is 1. The Bertz CT molecular complexity index is 324. The summed E-state index contributed by atoms with van der Waals surface area (Å²) in [5.74, 6) is -0.0348. The average Bonchev–Trinajstić information content (AvgIpc) is 2.35. The minimum absolute atomic E-state index is 0.0348. The fourth-order valence-corrected chi connectivity index (χ4v) is 1.61. The van der Waals surface area contributed by atoms with Crippen molar-refractivity contribution in [1.82, 2.24) is 5.32 Å². The summed E-state index contributed by atoms with van der Waals surface area (Å²) in [6, 6.07) is 10.5. The van der Waals surface area contributed by atoms with Crippen molar-refractivity contribution < 1.29 is 9.53 Å². The first-order valence-electron chi connectivity index (χ1n) is 6.13. The number of aryl methyl sites for hydroxylation is 1. The maximum Gasteiger partial charge on any atom is 0.246 e. The largest absolute Gasteiger partial charge is 0.372 e. The van der Waals surface area contributed by atoms with Crippen molar-refractivity contribution in [2.45, 2.75) is 32.7 Å². The van der Waals surface area contributed by atoms with E-state index in [1.807, 2.05) is 32.0 Å². The molecule has 1 N–H and O–H groups in total. The van der Waals surface area contributed by atoms with Crippen LogP contribution in [-0.4, -0.2) is 25.2 Å². The molecule has 0 unspecified atom stereocenters. The Labute approximate surface area is 103 Å². The normalized spacial score (nSPS) is 12.1. The maximum absolute atomic E-state index is 11.4. The van der Waals surface area contributed by atoms with Crippen molar-refractivity contribution in [2.75, 3.05) is 13.2 Å². The SMILES string of the molecule is CCOCC(=O)N[C@@H](C)CCc1ccccc1. The van der Waals surface area contributed by atoms with Gasteiger partial charge in [-0.15, -0.1) is 0 Å². The monoisotopic (exact) mass is 235 g/mol. The Morgan fingerprint density at radius 2 is 2.06 bits per heavy atom. The molecule has 0 heterocycles. The first-order chi connectivity index (χ1) is 8.22. The van der Waals surface area contributed by atoms with Gasteiger partial charge in [-0.05, 0) is 32.3 Å². The molecule has 1 aromatic rings. The number of rotatable bonds is 7. The highest BCUT2D eigenvalue weighted by Gasteiger charge is 2.06. The molecular weight excluding hydrogens is 214 g/mol. The third-order valence-electron chi connectivity index (χ3n) is 2.55. The topological polar surface area (TPSA) is 38.3 Å². The van der Waals surface area contributed by atoms with Crippen molar-refractivity contribution in [3.8, 4) is 0 Å². The van der Waals surface area contributed by atoms with Crippen LogP contribution in [0.3, 0.4) is 0 Å². The van der Waals surface area contributed by atoms with Gasteiger partial charge in [-0.1, -0.05) is 30.3 Å². The lowest BCUT2D eigenvalue weighted by molar-refractivity contribution is -0.126. The highest BCUT2D eigenvalue weighted by molar-refractivity contribution is 5.77. The summed E-state index contributed by atoms with van der Waals surface area (Å²) in [4.78, 5) is 11.4. The first kappa shape index (κ1) is 13.7. The van der Waals surface area contributed by atoms with Gasteiger partial charge in [0.2, 0.25) is 5.91 Å². The summed E-state index contributed by atoms with van der Waals surface area (Å²) in [6.45, 7) is 4.64. The van der Waals surface area contributed by atoms with E-state index in [1.54, 1.807) is 0 Å². The van der Waals surface area contributed by atoms with Gasteiger partial charge in [0.1, 0.15) is 6.61 Å². The predicted molar refractivity (Wildman–Crippen MR) is 68.9 cm³/mol. The summed E-state index contributed by atoms with van der Waals surface area (Å²) in [6.07, 6.45) is 1.93. The zero-order valence-electron chi connectivity index (χ0n) is 10.6. The lowest BCUT2D eigenvalue weighted by Gasteiger charge is -2.13. The molecule has 0 aliphatic heterocycles. The van der Waals surface area contributed by atoms with E-state index < -0.39 is 0 Å². The van der Waals surface area contributed by atoms with Crippen LogP contribution >= 0.6 is 0 Å². The average molecular weight is 235 g/mol. The smallest absolute Gasteiger partial charge is 0.246 e. The molecule has 3 heteroatoms. The number of nitrogens with one attached hydrogen (secondary N) is 1. The first-order valence-corrected chi connectivity index (χ1v) is 6.13. The van der Waals surface area contributed by atoms with Crippen LogP contribution in [0.15, 0.2) is 30.3 Å². The summed E-state index contributed by atoms with van der Waals surface area (Å²) in [7, 11) is 0. The fourth-order valence-electron chi connectivity index (χ4n) is 1.61. The molecule has 1 amide bonds. The van der Waals surface area contributed by atoms with Crippen molar-refractivity contribution in [3.63, 3.8) is 0 Å². The Kier molecular flexibility index (Phi) is 6.33. The van der Waals surface area contributed by atoms with Crippen LogP contribution in [0.1, 0.15) is 25.8 Å². The molecule has 17 heavy (non-hydrogen) atoms. The van der Waals surface area contributed by atoms with Gasteiger partial charge in [-0.2, -0.15) is 0 Å². The number of hydrogen-bond donors (Lipinski definition) is 1. The van der Waals surface area contributed by atoms with Gasteiger partial charge in [-0.25, -0.2) is 0 Å². The molecule has 0 bridgehead atoms. The number of carbonyl (C=O) groups excluding carboxylic acids is 1. The van der Waals surface area contributed by atoms with Crippen LogP contribution < -0.4 is 5.32 Å². The zero-order valence-corrected chi connectivity index (χ0v) is 10.6. The highest BCUT2D eigenvalue weighted by atomic mass is 16.5. The summed E-state index contributed by atoms with van der Waals surface area (Å²) in [5.41, 5.74) is 1.30. The molecule has 0 aliphatic rings. The minimum Gasteiger partial charge on any atom is -0.372 e. The second-order valence-corrected chi connectivity index (χ2v) is 4.13. The number of amides is 1. The van der Waals surface area contributed by atoms with E-state index in [4.69, 9.17) is 4.74 Å². The lowest BCUT2D eigenvalue weighted by atomic mass is 10.1. The highest BCUT2D eigenvalue weighted by Crippen LogP contribution is 2.04. The lowest BCUT2D eigenvalue weighted by Crippen LogP contribution is -2.35. The molecule has 0 spiro atoms. The van der Waals surface area contributed by atoms with Crippen molar-refractivity contribution in [1.29, 1.82) is 0 Å². The van der Waals surface area contributed by atoms with E-state index in [0.717, 1.165) is 12.8 Å². The van der Waals surface area contributed by atoms with E-state index >= 15 is 0 Å². The standard InChI is InChI=1S/C14H21NO2/c1-3-17-11-14(16)15-12(2)9-10-13-7-5-4-6-8-13/h4-8,12H,3,9-11H2,1-2H3,(H,15,16)/t12-/m0/s1. The van der Waals surface area contributed by atoms with Gasteiger partial charge in [0, 0.05) is 12.6 Å². The quantitative estimate of drug-likeness (QED) is 0.786. The molecule has 0 saturated heterocycles. The van der Waals surface area contributed by atoms with Gasteiger partial charge in [-0.3, -0.25) is 4.79 Å². The van der Waals surface area contributed by atoms with Gasteiger partial charge in [0.05, 0.1) is 0 Å². The molecule has 0 radical (unpaired) electrons. The Hall–Kier alpha value is -1.35. The molecular formula is C14H21NO2. The van der Waals surface area contributed by atoms with Crippen LogP contribution in [0.5, 0.6) is 0 Å². The summed E-state index contributed by atoms with van der Waals surface area (Å²) < 4.78 is 5.05. The minimum atomic E-state index is -0.0348. The predicted octanol–water partition coefficient (Wildman–Crippen LogP) is 2.16.